The van der Waals surface area contributed by atoms with E-state index in [-0.39, 0.29) is 0 Å². The Balaban J connectivity index is 2.19. The summed E-state index contributed by atoms with van der Waals surface area (Å²) in [4.78, 5) is 4.15. The van der Waals surface area contributed by atoms with Crippen LogP contribution in [0.2, 0.25) is 5.02 Å². The van der Waals surface area contributed by atoms with Gasteiger partial charge in [-0.15, -0.1) is 0 Å². The summed E-state index contributed by atoms with van der Waals surface area (Å²) in [7, 11) is 0. The van der Waals surface area contributed by atoms with Crippen molar-refractivity contribution in [3.8, 4) is 0 Å². The molecule has 2 aromatic rings. The van der Waals surface area contributed by atoms with Gasteiger partial charge in [0, 0.05) is 18.0 Å². The monoisotopic (exact) mass is 265 g/mol. The molecular formula is C13H16ClN3O. The summed E-state index contributed by atoms with van der Waals surface area (Å²) in [5.74, 6) is 0.765. The van der Waals surface area contributed by atoms with E-state index in [4.69, 9.17) is 11.6 Å². The summed E-state index contributed by atoms with van der Waals surface area (Å²) in [6, 6.07) is 5.65. The second kappa shape index (κ2) is 5.50. The van der Waals surface area contributed by atoms with E-state index < -0.39 is 6.10 Å². The van der Waals surface area contributed by atoms with Gasteiger partial charge in [0.2, 0.25) is 0 Å². The zero-order valence-electron chi connectivity index (χ0n) is 10.5. The molecule has 1 heterocycles. The van der Waals surface area contributed by atoms with Gasteiger partial charge in [-0.1, -0.05) is 23.7 Å². The third-order valence-electron chi connectivity index (χ3n) is 2.89. The number of aliphatic hydroxyl groups excluding tert-OH is 1. The SMILES string of the molecule is CCn1ncnc1CC(O)c1ccc(C)cc1Cl. The van der Waals surface area contributed by atoms with E-state index in [0.29, 0.717) is 11.4 Å². The second-order valence-electron chi connectivity index (χ2n) is 4.24. The van der Waals surface area contributed by atoms with Crippen molar-refractivity contribution in [2.24, 2.45) is 0 Å². The smallest absolute Gasteiger partial charge is 0.138 e. The molecule has 0 aliphatic rings. The first kappa shape index (κ1) is 13.1. The average molecular weight is 266 g/mol. The molecule has 18 heavy (non-hydrogen) atoms. The number of halogens is 1. The molecule has 0 fully saturated rings. The van der Waals surface area contributed by atoms with Gasteiger partial charge in [-0.25, -0.2) is 4.98 Å². The minimum atomic E-state index is -0.660. The molecule has 5 heteroatoms. The summed E-state index contributed by atoms with van der Waals surface area (Å²) < 4.78 is 1.77. The van der Waals surface area contributed by atoms with Crippen molar-refractivity contribution in [1.29, 1.82) is 0 Å². The molecule has 0 spiro atoms. The maximum atomic E-state index is 10.2. The van der Waals surface area contributed by atoms with Crippen molar-refractivity contribution in [3.63, 3.8) is 0 Å². The molecule has 1 aromatic carbocycles. The highest BCUT2D eigenvalue weighted by Gasteiger charge is 2.15. The van der Waals surface area contributed by atoms with E-state index in [1.165, 1.54) is 6.33 Å². The van der Waals surface area contributed by atoms with Crippen molar-refractivity contribution >= 4 is 11.6 Å². The van der Waals surface area contributed by atoms with Crippen LogP contribution in [0.25, 0.3) is 0 Å². The molecule has 1 unspecified atom stereocenters. The molecule has 1 atom stereocenters. The molecule has 0 aliphatic heterocycles. The molecule has 0 bridgehead atoms. The van der Waals surface area contributed by atoms with Gasteiger partial charge in [0.15, 0.2) is 0 Å². The van der Waals surface area contributed by atoms with Gasteiger partial charge in [-0.05, 0) is 31.0 Å². The Morgan fingerprint density at radius 2 is 2.22 bits per heavy atom. The largest absolute Gasteiger partial charge is 0.388 e. The summed E-state index contributed by atoms with van der Waals surface area (Å²) in [6.45, 7) is 4.70. The molecule has 0 saturated heterocycles. The van der Waals surface area contributed by atoms with E-state index in [1.807, 2.05) is 32.0 Å². The highest BCUT2D eigenvalue weighted by molar-refractivity contribution is 6.31. The van der Waals surface area contributed by atoms with Crippen LogP contribution in [-0.4, -0.2) is 19.9 Å². The number of aryl methyl sites for hydroxylation is 2. The maximum Gasteiger partial charge on any atom is 0.138 e. The van der Waals surface area contributed by atoms with Crippen molar-refractivity contribution in [2.75, 3.05) is 0 Å². The molecule has 96 valence electrons. The normalized spacial score (nSPS) is 12.7. The van der Waals surface area contributed by atoms with Crippen LogP contribution < -0.4 is 0 Å². The third-order valence-corrected chi connectivity index (χ3v) is 3.21. The lowest BCUT2D eigenvalue weighted by atomic mass is 10.0. The fourth-order valence-electron chi connectivity index (χ4n) is 1.90. The maximum absolute atomic E-state index is 10.2. The van der Waals surface area contributed by atoms with Gasteiger partial charge in [-0.3, -0.25) is 4.68 Å². The van der Waals surface area contributed by atoms with E-state index in [0.717, 1.165) is 23.5 Å². The third kappa shape index (κ3) is 2.71. The van der Waals surface area contributed by atoms with Crippen LogP contribution in [0.15, 0.2) is 24.5 Å². The summed E-state index contributed by atoms with van der Waals surface area (Å²) in [5, 5.41) is 14.9. The number of aromatic nitrogens is 3. The standard InChI is InChI=1S/C13H16ClN3O/c1-3-17-13(15-8-16-17)7-12(18)10-5-4-9(2)6-11(10)14/h4-6,8,12,18H,3,7H2,1-2H3. The zero-order valence-corrected chi connectivity index (χ0v) is 11.2. The lowest BCUT2D eigenvalue weighted by Crippen LogP contribution is -2.10. The minimum absolute atomic E-state index is 0.413. The van der Waals surface area contributed by atoms with Crippen LogP contribution in [-0.2, 0) is 13.0 Å². The second-order valence-corrected chi connectivity index (χ2v) is 4.64. The quantitative estimate of drug-likeness (QED) is 0.924. The Morgan fingerprint density at radius 1 is 1.44 bits per heavy atom. The van der Waals surface area contributed by atoms with Gasteiger partial charge in [0.25, 0.3) is 0 Å². The molecular weight excluding hydrogens is 250 g/mol. The predicted octanol–water partition coefficient (Wildman–Crippen LogP) is 2.54. The Kier molecular flexibility index (Phi) is 3.99. The van der Waals surface area contributed by atoms with E-state index in [2.05, 4.69) is 10.1 Å². The summed E-state index contributed by atoms with van der Waals surface area (Å²) >= 11 is 6.14. The van der Waals surface area contributed by atoms with Gasteiger partial charge < -0.3 is 5.11 Å². The number of aliphatic hydroxyl groups is 1. The van der Waals surface area contributed by atoms with Crippen molar-refractivity contribution < 1.29 is 5.11 Å². The van der Waals surface area contributed by atoms with Crippen LogP contribution in [0, 0.1) is 6.92 Å². The minimum Gasteiger partial charge on any atom is -0.388 e. The van der Waals surface area contributed by atoms with Gasteiger partial charge >= 0.3 is 0 Å². The topological polar surface area (TPSA) is 50.9 Å². The highest BCUT2D eigenvalue weighted by Crippen LogP contribution is 2.26. The van der Waals surface area contributed by atoms with Crippen LogP contribution in [0.5, 0.6) is 0 Å². The molecule has 0 aliphatic carbocycles. The Hall–Kier alpha value is -1.39. The summed E-state index contributed by atoms with van der Waals surface area (Å²) in [5.41, 5.74) is 1.81. The molecule has 1 N–H and O–H groups in total. The number of hydrogen-bond donors (Lipinski definition) is 1. The van der Waals surface area contributed by atoms with Crippen molar-refractivity contribution in [1.82, 2.24) is 14.8 Å². The summed E-state index contributed by atoms with van der Waals surface area (Å²) in [6.07, 6.45) is 1.26. The Morgan fingerprint density at radius 3 is 2.89 bits per heavy atom. The van der Waals surface area contributed by atoms with Gasteiger partial charge in [0.1, 0.15) is 12.2 Å². The molecule has 0 saturated carbocycles. The number of rotatable bonds is 4. The first-order chi connectivity index (χ1) is 8.61. The Labute approximate surface area is 111 Å². The highest BCUT2D eigenvalue weighted by atomic mass is 35.5. The fraction of sp³-hybridized carbons (Fsp3) is 0.385. The van der Waals surface area contributed by atoms with Crippen LogP contribution in [0.1, 0.15) is 30.0 Å². The van der Waals surface area contributed by atoms with Crippen LogP contribution in [0.4, 0.5) is 0 Å². The average Bonchev–Trinajstić information content (AvgIpc) is 2.76. The number of nitrogens with zero attached hydrogens (tertiary/aromatic N) is 3. The predicted molar refractivity (Wildman–Crippen MR) is 70.5 cm³/mol. The molecule has 4 nitrogen and oxygen atoms in total. The van der Waals surface area contributed by atoms with Gasteiger partial charge in [-0.2, -0.15) is 5.10 Å². The number of hydrogen-bond acceptors (Lipinski definition) is 3. The first-order valence-electron chi connectivity index (χ1n) is 5.92. The number of benzene rings is 1. The molecule has 0 radical (unpaired) electrons. The molecule has 1 aromatic heterocycles. The molecule has 0 amide bonds. The fourth-order valence-corrected chi connectivity index (χ4v) is 2.26. The Bertz CT molecular complexity index is 539. The zero-order chi connectivity index (χ0) is 13.1. The molecule has 2 rings (SSSR count). The van der Waals surface area contributed by atoms with Crippen LogP contribution >= 0.6 is 11.6 Å². The first-order valence-corrected chi connectivity index (χ1v) is 6.30. The van der Waals surface area contributed by atoms with Crippen molar-refractivity contribution in [2.45, 2.75) is 32.9 Å². The van der Waals surface area contributed by atoms with Crippen LogP contribution in [0.3, 0.4) is 0 Å². The lowest BCUT2D eigenvalue weighted by Gasteiger charge is -2.13. The van der Waals surface area contributed by atoms with E-state index >= 15 is 0 Å². The van der Waals surface area contributed by atoms with Crippen molar-refractivity contribution in [3.05, 3.63) is 46.5 Å². The van der Waals surface area contributed by atoms with Gasteiger partial charge in [0.05, 0.1) is 6.10 Å². The van der Waals surface area contributed by atoms with E-state index in [9.17, 15) is 5.11 Å². The lowest BCUT2D eigenvalue weighted by molar-refractivity contribution is 0.174. The van der Waals surface area contributed by atoms with E-state index in [1.54, 1.807) is 4.68 Å².